The number of urea groups is 1. The second-order valence-electron chi connectivity index (χ2n) is 8.26. The number of rotatable bonds is 4. The predicted octanol–water partition coefficient (Wildman–Crippen LogP) is 2.41. The molecule has 0 radical (unpaired) electrons. The van der Waals surface area contributed by atoms with Crippen LogP contribution in [0.1, 0.15) is 64.4 Å². The minimum atomic E-state index is -3.74. The first-order valence-electron chi connectivity index (χ1n) is 9.91. The van der Waals surface area contributed by atoms with E-state index in [1.807, 2.05) is 6.07 Å². The summed E-state index contributed by atoms with van der Waals surface area (Å²) in [7, 11) is -3.74. The quantitative estimate of drug-likeness (QED) is 0.545. The number of thiazole rings is 1. The van der Waals surface area contributed by atoms with Crippen LogP contribution < -0.4 is 10.5 Å². The standard InChI is InChI=1S/C20H24N4O5S2/c1-20(2,28)18-22-13(9-25)17(30-18)31(21,29)24-19(27)23-16-12-5-3-4-10(12)8-11-6-7-14(26)15(11)16/h8,25,28H,3-7,9H2,1-2H3,(H3,21,23,24,27,29)/t31-/m1/s1. The zero-order valence-corrected chi connectivity index (χ0v) is 18.9. The van der Waals surface area contributed by atoms with Crippen LogP contribution in [0.2, 0.25) is 0 Å². The third-order valence-corrected chi connectivity index (χ3v) is 8.81. The van der Waals surface area contributed by atoms with E-state index >= 15 is 0 Å². The Kier molecular flexibility index (Phi) is 5.51. The Morgan fingerprint density at radius 3 is 2.74 bits per heavy atom. The van der Waals surface area contributed by atoms with Gasteiger partial charge in [0, 0.05) is 12.0 Å². The normalized spacial score (nSPS) is 17.3. The van der Waals surface area contributed by atoms with Gasteiger partial charge in [0.1, 0.15) is 14.8 Å². The molecule has 0 saturated carbocycles. The molecule has 11 heteroatoms. The van der Waals surface area contributed by atoms with Crippen molar-refractivity contribution in [3.63, 3.8) is 0 Å². The lowest BCUT2D eigenvalue weighted by Crippen LogP contribution is -2.19. The smallest absolute Gasteiger partial charge is 0.354 e. The zero-order valence-electron chi connectivity index (χ0n) is 17.2. The van der Waals surface area contributed by atoms with Crippen molar-refractivity contribution in [2.75, 3.05) is 5.32 Å². The van der Waals surface area contributed by atoms with Crippen molar-refractivity contribution < 1.29 is 24.0 Å². The van der Waals surface area contributed by atoms with Crippen molar-refractivity contribution in [1.29, 1.82) is 0 Å². The van der Waals surface area contributed by atoms with Gasteiger partial charge >= 0.3 is 6.03 Å². The SMILES string of the molecule is CC(C)(O)c1nc(CO)c([S@](N)(=O)=NC(=O)Nc2c3c(cc4c2C(=O)CC4)CCC3)s1. The molecule has 166 valence electrons. The maximum Gasteiger partial charge on any atom is 0.354 e. The molecule has 31 heavy (non-hydrogen) atoms. The van der Waals surface area contributed by atoms with Crippen LogP contribution in [0.3, 0.4) is 0 Å². The van der Waals surface area contributed by atoms with Crippen LogP contribution in [0, 0.1) is 0 Å². The number of ketones is 1. The van der Waals surface area contributed by atoms with Gasteiger partial charge in [-0.15, -0.1) is 15.7 Å². The van der Waals surface area contributed by atoms with E-state index in [0.29, 0.717) is 24.1 Å². The molecular formula is C20H24N4O5S2. The van der Waals surface area contributed by atoms with Crippen molar-refractivity contribution in [2.24, 2.45) is 9.50 Å². The van der Waals surface area contributed by atoms with Crippen molar-refractivity contribution in [3.05, 3.63) is 39.0 Å². The summed E-state index contributed by atoms with van der Waals surface area (Å²) >= 11 is 0.837. The Morgan fingerprint density at radius 1 is 1.32 bits per heavy atom. The van der Waals surface area contributed by atoms with Gasteiger partial charge in [-0.05, 0) is 56.2 Å². The van der Waals surface area contributed by atoms with Crippen molar-refractivity contribution in [1.82, 2.24) is 4.98 Å². The highest BCUT2D eigenvalue weighted by molar-refractivity contribution is 7.93. The number of aromatic nitrogens is 1. The van der Waals surface area contributed by atoms with E-state index in [1.54, 1.807) is 0 Å². The molecule has 0 bridgehead atoms. The van der Waals surface area contributed by atoms with Crippen molar-refractivity contribution >= 4 is 38.8 Å². The largest absolute Gasteiger partial charge is 0.390 e. The number of fused-ring (bicyclic) bond motifs is 2. The molecule has 1 atom stereocenters. The van der Waals surface area contributed by atoms with E-state index in [9.17, 15) is 24.0 Å². The van der Waals surface area contributed by atoms with Gasteiger partial charge in [-0.3, -0.25) is 4.79 Å². The van der Waals surface area contributed by atoms with Gasteiger partial charge in [-0.2, -0.15) is 0 Å². The summed E-state index contributed by atoms with van der Waals surface area (Å²) in [5.74, 6) is -0.0340. The number of hydrogen-bond donors (Lipinski definition) is 4. The number of Topliss-reactive ketones (excluding diaryl/α,β-unsaturated/α-hetero) is 1. The predicted molar refractivity (Wildman–Crippen MR) is 116 cm³/mol. The summed E-state index contributed by atoms with van der Waals surface area (Å²) in [6, 6.07) is 1.11. The highest BCUT2D eigenvalue weighted by Crippen LogP contribution is 2.39. The second kappa shape index (κ2) is 7.75. The number of benzene rings is 1. The molecule has 2 aromatic rings. The number of aryl methyl sites for hydroxylation is 2. The summed E-state index contributed by atoms with van der Waals surface area (Å²) < 4.78 is 16.7. The molecule has 4 rings (SSSR count). The number of nitrogens with zero attached hydrogens (tertiary/aromatic N) is 2. The second-order valence-corrected chi connectivity index (χ2v) is 11.2. The lowest BCUT2D eigenvalue weighted by atomic mass is 9.98. The maximum absolute atomic E-state index is 13.1. The molecule has 2 amide bonds. The number of hydrogen-bond acceptors (Lipinski definition) is 7. The lowest BCUT2D eigenvalue weighted by Gasteiger charge is -2.14. The van der Waals surface area contributed by atoms with Gasteiger partial charge in [-0.25, -0.2) is 19.1 Å². The summed E-state index contributed by atoms with van der Waals surface area (Å²) in [4.78, 5) is 29.3. The van der Waals surface area contributed by atoms with Crippen LogP contribution in [-0.4, -0.2) is 31.2 Å². The Bertz CT molecular complexity index is 1220. The molecule has 0 aliphatic heterocycles. The molecule has 5 N–H and O–H groups in total. The fraction of sp³-hybridized carbons (Fsp3) is 0.450. The number of anilines is 1. The molecule has 2 aliphatic carbocycles. The summed E-state index contributed by atoms with van der Waals surface area (Å²) in [5.41, 5.74) is 2.55. The Balaban J connectivity index is 1.72. The minimum Gasteiger partial charge on any atom is -0.390 e. The van der Waals surface area contributed by atoms with Crippen LogP contribution in [0.15, 0.2) is 14.6 Å². The van der Waals surface area contributed by atoms with Gasteiger partial charge in [-0.1, -0.05) is 6.07 Å². The molecule has 0 spiro atoms. The van der Waals surface area contributed by atoms with E-state index in [-0.39, 0.29) is 20.7 Å². The molecule has 9 nitrogen and oxygen atoms in total. The fourth-order valence-corrected chi connectivity index (χ4v) is 6.51. The number of carbonyl (C=O) groups excluding carboxylic acids is 2. The van der Waals surface area contributed by atoms with Crippen LogP contribution in [0.4, 0.5) is 10.5 Å². The summed E-state index contributed by atoms with van der Waals surface area (Å²) in [6.45, 7) is 2.42. The topological polar surface area (TPSA) is 155 Å². The first-order valence-corrected chi connectivity index (χ1v) is 12.3. The van der Waals surface area contributed by atoms with E-state index in [1.165, 1.54) is 13.8 Å². The van der Waals surface area contributed by atoms with Gasteiger partial charge < -0.3 is 15.5 Å². The van der Waals surface area contributed by atoms with Gasteiger partial charge in [0.25, 0.3) is 0 Å². The van der Waals surface area contributed by atoms with Gasteiger partial charge in [0.15, 0.2) is 15.7 Å². The number of amides is 2. The van der Waals surface area contributed by atoms with Crippen LogP contribution in [0.5, 0.6) is 0 Å². The van der Waals surface area contributed by atoms with Gasteiger partial charge in [0.2, 0.25) is 0 Å². The maximum atomic E-state index is 13.1. The number of nitrogens with two attached hydrogens (primary N) is 1. The van der Waals surface area contributed by atoms with E-state index in [4.69, 9.17) is 5.14 Å². The number of carbonyl (C=O) groups is 2. The van der Waals surface area contributed by atoms with E-state index in [0.717, 1.165) is 47.3 Å². The average Bonchev–Trinajstić information content (AvgIpc) is 3.38. The third kappa shape index (κ3) is 4.03. The lowest BCUT2D eigenvalue weighted by molar-refractivity contribution is 0.0778. The first kappa shape index (κ1) is 22.0. The summed E-state index contributed by atoms with van der Waals surface area (Å²) in [6.07, 6.45) is 3.58. The molecule has 0 unspecified atom stereocenters. The van der Waals surface area contributed by atoms with Crippen LogP contribution in [0.25, 0.3) is 0 Å². The third-order valence-electron chi connectivity index (χ3n) is 5.43. The fourth-order valence-electron chi connectivity index (χ4n) is 4.05. The van der Waals surface area contributed by atoms with Crippen LogP contribution in [-0.2, 0) is 41.4 Å². The Morgan fingerprint density at radius 2 is 2.06 bits per heavy atom. The monoisotopic (exact) mass is 464 g/mol. The average molecular weight is 465 g/mol. The number of aliphatic hydroxyl groups is 2. The van der Waals surface area contributed by atoms with E-state index in [2.05, 4.69) is 14.7 Å². The van der Waals surface area contributed by atoms with E-state index < -0.39 is 28.2 Å². The summed E-state index contributed by atoms with van der Waals surface area (Å²) in [5, 5.41) is 28.5. The molecule has 1 aromatic heterocycles. The molecule has 0 fully saturated rings. The number of nitrogens with one attached hydrogen (secondary N) is 1. The highest BCUT2D eigenvalue weighted by atomic mass is 32.2. The Labute approximate surface area is 184 Å². The molecule has 1 heterocycles. The van der Waals surface area contributed by atoms with Crippen molar-refractivity contribution in [2.45, 2.75) is 62.4 Å². The Hall–Kier alpha value is -2.18. The number of aliphatic hydroxyl groups excluding tert-OH is 1. The molecule has 0 saturated heterocycles. The molecule has 2 aliphatic rings. The minimum absolute atomic E-state index is 0.00264. The molecular weight excluding hydrogens is 440 g/mol. The highest BCUT2D eigenvalue weighted by Gasteiger charge is 2.31. The van der Waals surface area contributed by atoms with Crippen LogP contribution >= 0.6 is 11.3 Å². The first-order chi connectivity index (χ1) is 14.5. The zero-order chi connectivity index (χ0) is 22.6. The van der Waals surface area contributed by atoms with Gasteiger partial charge in [0.05, 0.1) is 18.0 Å². The molecule has 1 aromatic carbocycles. The van der Waals surface area contributed by atoms with Crippen molar-refractivity contribution in [3.8, 4) is 0 Å².